The Labute approximate surface area is 116 Å². The van der Waals surface area contributed by atoms with Gasteiger partial charge >= 0.3 is 0 Å². The molecule has 0 aliphatic rings. The molecule has 2 aromatic rings. The predicted octanol–water partition coefficient (Wildman–Crippen LogP) is 3.88. The van der Waals surface area contributed by atoms with E-state index in [1.165, 1.54) is 0 Å². The average Bonchev–Trinajstić information content (AvgIpc) is 2.70. The molecular formula is C13H15N3S2. The first-order valence-electron chi connectivity index (χ1n) is 5.80. The standard InChI is InChI=1S/C13H15N3S2/c1-9(5-6-18-2)16-12-7-10(8-14)3-4-11(12)15-13(16)17/h3-4,7,9H,5-6H2,1-2H3,(H,15,17). The second-order valence-corrected chi connectivity index (χ2v) is 5.65. The lowest BCUT2D eigenvalue weighted by atomic mass is 10.2. The molecule has 1 unspecified atom stereocenters. The molecule has 0 fully saturated rings. The Bertz CT molecular complexity index is 648. The molecule has 18 heavy (non-hydrogen) atoms. The quantitative estimate of drug-likeness (QED) is 0.862. The number of imidazole rings is 1. The van der Waals surface area contributed by atoms with Gasteiger partial charge in [-0.25, -0.2) is 0 Å². The van der Waals surface area contributed by atoms with E-state index in [2.05, 4.69) is 28.8 Å². The van der Waals surface area contributed by atoms with Crippen LogP contribution in [-0.4, -0.2) is 21.6 Å². The first kappa shape index (κ1) is 13.2. The molecule has 0 radical (unpaired) electrons. The summed E-state index contributed by atoms with van der Waals surface area (Å²) >= 11 is 7.21. The minimum atomic E-state index is 0.340. The highest BCUT2D eigenvalue weighted by molar-refractivity contribution is 7.98. The van der Waals surface area contributed by atoms with Gasteiger partial charge in [0.05, 0.1) is 22.7 Å². The summed E-state index contributed by atoms with van der Waals surface area (Å²) < 4.78 is 2.84. The van der Waals surface area contributed by atoms with Crippen LogP contribution in [0.5, 0.6) is 0 Å². The van der Waals surface area contributed by atoms with E-state index in [-0.39, 0.29) is 0 Å². The number of nitrogens with one attached hydrogen (secondary N) is 1. The van der Waals surface area contributed by atoms with E-state index in [0.29, 0.717) is 11.6 Å². The Hall–Kier alpha value is -1.25. The van der Waals surface area contributed by atoms with E-state index in [1.807, 2.05) is 30.0 Å². The molecule has 1 atom stereocenters. The van der Waals surface area contributed by atoms with E-state index < -0.39 is 0 Å². The minimum absolute atomic E-state index is 0.340. The third-order valence-corrected chi connectivity index (χ3v) is 3.97. The van der Waals surface area contributed by atoms with Gasteiger partial charge in [-0.2, -0.15) is 17.0 Å². The maximum absolute atomic E-state index is 8.98. The third-order valence-electron chi connectivity index (χ3n) is 3.03. The fourth-order valence-corrected chi connectivity index (χ4v) is 3.01. The molecule has 3 nitrogen and oxygen atoms in total. The van der Waals surface area contributed by atoms with Gasteiger partial charge in [0.2, 0.25) is 0 Å². The number of aromatic nitrogens is 2. The van der Waals surface area contributed by atoms with Crippen LogP contribution in [0.4, 0.5) is 0 Å². The Balaban J connectivity index is 2.52. The highest BCUT2D eigenvalue weighted by Gasteiger charge is 2.11. The maximum Gasteiger partial charge on any atom is 0.178 e. The first-order valence-corrected chi connectivity index (χ1v) is 7.61. The molecule has 0 spiro atoms. The van der Waals surface area contributed by atoms with Crippen molar-refractivity contribution in [3.8, 4) is 6.07 Å². The summed E-state index contributed by atoms with van der Waals surface area (Å²) in [6, 6.07) is 8.14. The van der Waals surface area contributed by atoms with Crippen molar-refractivity contribution in [1.82, 2.24) is 9.55 Å². The van der Waals surface area contributed by atoms with Crippen LogP contribution in [-0.2, 0) is 0 Å². The molecule has 0 aliphatic carbocycles. The maximum atomic E-state index is 8.98. The third kappa shape index (κ3) is 2.45. The fourth-order valence-electron chi connectivity index (χ4n) is 2.05. The van der Waals surface area contributed by atoms with Crippen molar-refractivity contribution in [3.05, 3.63) is 28.5 Å². The summed E-state index contributed by atoms with van der Waals surface area (Å²) in [7, 11) is 0. The molecule has 1 heterocycles. The average molecular weight is 277 g/mol. The van der Waals surface area contributed by atoms with Crippen molar-refractivity contribution in [1.29, 1.82) is 5.26 Å². The fraction of sp³-hybridized carbons (Fsp3) is 0.385. The summed E-state index contributed by atoms with van der Waals surface area (Å²) in [6.07, 6.45) is 3.17. The van der Waals surface area contributed by atoms with Crippen LogP contribution in [0.15, 0.2) is 18.2 Å². The van der Waals surface area contributed by atoms with Gasteiger partial charge in [0, 0.05) is 6.04 Å². The highest BCUT2D eigenvalue weighted by Crippen LogP contribution is 2.23. The molecule has 0 bridgehead atoms. The molecule has 0 saturated carbocycles. The van der Waals surface area contributed by atoms with Crippen molar-refractivity contribution in [2.75, 3.05) is 12.0 Å². The molecular weight excluding hydrogens is 262 g/mol. The van der Waals surface area contributed by atoms with Crippen LogP contribution in [0.25, 0.3) is 11.0 Å². The molecule has 0 aliphatic heterocycles. The molecule has 0 saturated heterocycles. The normalized spacial score (nSPS) is 12.5. The van der Waals surface area contributed by atoms with Crippen molar-refractivity contribution in [2.45, 2.75) is 19.4 Å². The molecule has 0 amide bonds. The molecule has 1 N–H and O–H groups in total. The zero-order chi connectivity index (χ0) is 13.1. The smallest absolute Gasteiger partial charge is 0.178 e. The van der Waals surface area contributed by atoms with Gasteiger partial charge in [-0.05, 0) is 55.8 Å². The van der Waals surface area contributed by atoms with Crippen LogP contribution >= 0.6 is 24.0 Å². The van der Waals surface area contributed by atoms with Gasteiger partial charge in [-0.1, -0.05) is 0 Å². The van der Waals surface area contributed by atoms with E-state index >= 15 is 0 Å². The lowest BCUT2D eigenvalue weighted by Crippen LogP contribution is -2.06. The number of nitrogens with zero attached hydrogens (tertiary/aromatic N) is 2. The van der Waals surface area contributed by atoms with Crippen molar-refractivity contribution in [3.63, 3.8) is 0 Å². The van der Waals surface area contributed by atoms with E-state index in [9.17, 15) is 0 Å². The monoisotopic (exact) mass is 277 g/mol. The number of H-pyrrole nitrogens is 1. The Morgan fingerprint density at radius 1 is 1.56 bits per heavy atom. The van der Waals surface area contributed by atoms with Crippen LogP contribution in [0.3, 0.4) is 0 Å². The molecule has 2 rings (SSSR count). The number of benzene rings is 1. The number of hydrogen-bond acceptors (Lipinski definition) is 3. The number of rotatable bonds is 4. The SMILES string of the molecule is CSCCC(C)n1c(=S)[nH]c2ccc(C#N)cc21. The summed E-state index contributed by atoms with van der Waals surface area (Å²) in [5.74, 6) is 1.10. The topological polar surface area (TPSA) is 44.5 Å². The molecule has 5 heteroatoms. The summed E-state index contributed by atoms with van der Waals surface area (Å²) in [5.41, 5.74) is 2.69. The zero-order valence-corrected chi connectivity index (χ0v) is 12.1. The summed E-state index contributed by atoms with van der Waals surface area (Å²) in [5, 5.41) is 8.98. The Kier molecular flexibility index (Phi) is 4.10. The van der Waals surface area contributed by atoms with Crippen molar-refractivity contribution in [2.24, 2.45) is 0 Å². The summed E-state index contributed by atoms with van der Waals surface area (Å²) in [4.78, 5) is 3.20. The van der Waals surface area contributed by atoms with Crippen LogP contribution < -0.4 is 0 Å². The van der Waals surface area contributed by atoms with Gasteiger partial charge in [-0.3, -0.25) is 0 Å². The molecule has 1 aromatic carbocycles. The number of fused-ring (bicyclic) bond motifs is 1. The first-order chi connectivity index (χ1) is 8.67. The van der Waals surface area contributed by atoms with E-state index in [0.717, 1.165) is 28.0 Å². The second-order valence-electron chi connectivity index (χ2n) is 4.27. The number of thioether (sulfide) groups is 1. The van der Waals surface area contributed by atoms with Crippen molar-refractivity contribution >= 4 is 35.0 Å². The zero-order valence-electron chi connectivity index (χ0n) is 10.4. The molecule has 1 aromatic heterocycles. The van der Waals surface area contributed by atoms with Gasteiger partial charge in [-0.15, -0.1) is 0 Å². The number of nitriles is 1. The molecule has 94 valence electrons. The van der Waals surface area contributed by atoms with Crippen molar-refractivity contribution < 1.29 is 0 Å². The highest BCUT2D eigenvalue weighted by atomic mass is 32.2. The van der Waals surface area contributed by atoms with Gasteiger partial charge in [0.15, 0.2) is 4.77 Å². The van der Waals surface area contributed by atoms with Crippen LogP contribution in [0, 0.1) is 16.1 Å². The number of hydrogen-bond donors (Lipinski definition) is 1. The van der Waals surface area contributed by atoms with Gasteiger partial charge in [0.1, 0.15) is 0 Å². The van der Waals surface area contributed by atoms with E-state index in [4.69, 9.17) is 17.5 Å². The second kappa shape index (κ2) is 5.59. The van der Waals surface area contributed by atoms with Crippen LogP contribution in [0.1, 0.15) is 24.9 Å². The lowest BCUT2D eigenvalue weighted by Gasteiger charge is -2.13. The van der Waals surface area contributed by atoms with Gasteiger partial charge in [0.25, 0.3) is 0 Å². The lowest BCUT2D eigenvalue weighted by molar-refractivity contribution is 0.543. The van der Waals surface area contributed by atoms with Crippen LogP contribution in [0.2, 0.25) is 0 Å². The Morgan fingerprint density at radius 2 is 2.33 bits per heavy atom. The number of aromatic amines is 1. The van der Waals surface area contributed by atoms with Gasteiger partial charge < -0.3 is 9.55 Å². The minimum Gasteiger partial charge on any atom is -0.331 e. The van der Waals surface area contributed by atoms with E-state index in [1.54, 1.807) is 0 Å². The predicted molar refractivity (Wildman–Crippen MR) is 79.5 cm³/mol. The largest absolute Gasteiger partial charge is 0.331 e. The summed E-state index contributed by atoms with van der Waals surface area (Å²) in [6.45, 7) is 2.17. The Morgan fingerprint density at radius 3 is 3.00 bits per heavy atom.